The van der Waals surface area contributed by atoms with Crippen LogP contribution >= 0.6 is 11.8 Å². The fraction of sp³-hybridized carbons (Fsp3) is 0.562. The SMILES string of the molecule is CCN(C(=O)CSc1ccc(F)cc1N)C1CCCCC1. The summed E-state index contributed by atoms with van der Waals surface area (Å²) in [5.41, 5.74) is 6.17. The zero-order valence-electron chi connectivity index (χ0n) is 12.5. The largest absolute Gasteiger partial charge is 0.398 e. The maximum atomic E-state index is 13.0. The number of halogens is 1. The van der Waals surface area contributed by atoms with Gasteiger partial charge in [-0.25, -0.2) is 4.39 Å². The van der Waals surface area contributed by atoms with Crippen LogP contribution in [0, 0.1) is 5.82 Å². The minimum absolute atomic E-state index is 0.151. The molecule has 1 aliphatic rings. The molecule has 1 aromatic rings. The number of hydrogen-bond acceptors (Lipinski definition) is 3. The summed E-state index contributed by atoms with van der Waals surface area (Å²) in [5.74, 6) is 0.166. The van der Waals surface area contributed by atoms with Crippen LogP contribution in [-0.4, -0.2) is 29.1 Å². The maximum Gasteiger partial charge on any atom is 0.233 e. The van der Waals surface area contributed by atoms with Crippen LogP contribution in [0.4, 0.5) is 10.1 Å². The molecule has 2 N–H and O–H groups in total. The molecule has 1 fully saturated rings. The molecule has 21 heavy (non-hydrogen) atoms. The van der Waals surface area contributed by atoms with Gasteiger partial charge >= 0.3 is 0 Å². The van der Waals surface area contributed by atoms with Gasteiger partial charge in [0, 0.05) is 23.2 Å². The van der Waals surface area contributed by atoms with Gasteiger partial charge in [-0.3, -0.25) is 4.79 Å². The Balaban J connectivity index is 1.92. The first kappa shape index (κ1) is 16.1. The van der Waals surface area contributed by atoms with E-state index < -0.39 is 0 Å². The van der Waals surface area contributed by atoms with Crippen molar-refractivity contribution in [1.29, 1.82) is 0 Å². The van der Waals surface area contributed by atoms with Gasteiger partial charge in [-0.1, -0.05) is 19.3 Å². The van der Waals surface area contributed by atoms with Crippen molar-refractivity contribution < 1.29 is 9.18 Å². The van der Waals surface area contributed by atoms with E-state index in [-0.39, 0.29) is 11.7 Å². The Hall–Kier alpha value is -1.23. The standard InChI is InChI=1S/C16H23FN2OS/c1-2-19(13-6-4-3-5-7-13)16(20)11-21-15-9-8-12(17)10-14(15)18/h8-10,13H,2-7,11,18H2,1H3. The van der Waals surface area contributed by atoms with E-state index in [0.29, 0.717) is 17.5 Å². The van der Waals surface area contributed by atoms with Gasteiger partial charge in [-0.15, -0.1) is 11.8 Å². The van der Waals surface area contributed by atoms with E-state index in [9.17, 15) is 9.18 Å². The maximum absolute atomic E-state index is 13.0. The van der Waals surface area contributed by atoms with Gasteiger partial charge in [0.15, 0.2) is 0 Å². The van der Waals surface area contributed by atoms with E-state index in [0.717, 1.165) is 24.3 Å². The average molecular weight is 310 g/mol. The van der Waals surface area contributed by atoms with Crippen molar-refractivity contribution in [2.75, 3.05) is 18.0 Å². The summed E-state index contributed by atoms with van der Waals surface area (Å²) in [6.45, 7) is 2.78. The third kappa shape index (κ3) is 4.37. The third-order valence-electron chi connectivity index (χ3n) is 4.00. The summed E-state index contributed by atoms with van der Waals surface area (Å²) in [6.07, 6.45) is 5.94. The van der Waals surface area contributed by atoms with Gasteiger partial charge in [0.2, 0.25) is 5.91 Å². The van der Waals surface area contributed by atoms with Crippen LogP contribution in [0.1, 0.15) is 39.0 Å². The Kier molecular flexibility index (Phi) is 5.91. The summed E-state index contributed by atoms with van der Waals surface area (Å²) in [5, 5.41) is 0. The summed E-state index contributed by atoms with van der Waals surface area (Å²) in [6, 6.07) is 4.70. The van der Waals surface area contributed by atoms with Crippen LogP contribution in [0.15, 0.2) is 23.1 Å². The molecule has 0 saturated heterocycles. The van der Waals surface area contributed by atoms with Gasteiger partial charge in [0.05, 0.1) is 5.75 Å². The number of amides is 1. The molecule has 0 spiro atoms. The molecule has 0 aromatic heterocycles. The molecule has 5 heteroatoms. The van der Waals surface area contributed by atoms with Gasteiger partial charge < -0.3 is 10.6 Å². The highest BCUT2D eigenvalue weighted by atomic mass is 32.2. The van der Waals surface area contributed by atoms with Crippen LogP contribution in [-0.2, 0) is 4.79 Å². The second-order valence-electron chi connectivity index (χ2n) is 5.44. The molecular formula is C16H23FN2OS. The zero-order valence-corrected chi connectivity index (χ0v) is 13.3. The number of carbonyl (C=O) groups is 1. The Bertz CT molecular complexity index is 489. The summed E-state index contributed by atoms with van der Waals surface area (Å²) in [4.78, 5) is 15.2. The van der Waals surface area contributed by atoms with Crippen LogP contribution < -0.4 is 5.73 Å². The predicted octanol–water partition coefficient (Wildman–Crippen LogP) is 3.68. The number of rotatable bonds is 5. The number of nitrogens with zero attached hydrogens (tertiary/aromatic N) is 1. The normalized spacial score (nSPS) is 15.9. The molecule has 0 bridgehead atoms. The molecule has 0 radical (unpaired) electrons. The first-order valence-electron chi connectivity index (χ1n) is 7.59. The first-order valence-corrected chi connectivity index (χ1v) is 8.57. The molecule has 1 saturated carbocycles. The van der Waals surface area contributed by atoms with E-state index in [1.807, 2.05) is 11.8 Å². The van der Waals surface area contributed by atoms with E-state index in [1.165, 1.54) is 43.2 Å². The van der Waals surface area contributed by atoms with Crippen LogP contribution in [0.25, 0.3) is 0 Å². The number of nitrogens with two attached hydrogens (primary N) is 1. The molecule has 1 aromatic carbocycles. The number of hydrogen-bond donors (Lipinski definition) is 1. The fourth-order valence-electron chi connectivity index (χ4n) is 2.90. The lowest BCUT2D eigenvalue weighted by Crippen LogP contribution is -2.42. The minimum Gasteiger partial charge on any atom is -0.398 e. The Morgan fingerprint density at radius 1 is 1.38 bits per heavy atom. The van der Waals surface area contributed by atoms with Crippen molar-refractivity contribution in [1.82, 2.24) is 4.90 Å². The second-order valence-corrected chi connectivity index (χ2v) is 6.46. The molecule has 0 aliphatic heterocycles. The lowest BCUT2D eigenvalue weighted by molar-refractivity contribution is -0.131. The van der Waals surface area contributed by atoms with Crippen molar-refractivity contribution in [3.8, 4) is 0 Å². The zero-order chi connectivity index (χ0) is 15.2. The van der Waals surface area contributed by atoms with Crippen molar-refractivity contribution in [3.05, 3.63) is 24.0 Å². The lowest BCUT2D eigenvalue weighted by Gasteiger charge is -2.33. The van der Waals surface area contributed by atoms with E-state index in [4.69, 9.17) is 5.73 Å². The number of nitrogen functional groups attached to an aromatic ring is 1. The Morgan fingerprint density at radius 2 is 2.10 bits per heavy atom. The summed E-state index contributed by atoms with van der Waals surface area (Å²) < 4.78 is 13.0. The highest BCUT2D eigenvalue weighted by Gasteiger charge is 2.24. The summed E-state index contributed by atoms with van der Waals surface area (Å²) >= 11 is 1.39. The van der Waals surface area contributed by atoms with Gasteiger partial charge in [-0.2, -0.15) is 0 Å². The van der Waals surface area contributed by atoms with E-state index >= 15 is 0 Å². The van der Waals surface area contributed by atoms with Gasteiger partial charge in [0.25, 0.3) is 0 Å². The van der Waals surface area contributed by atoms with E-state index in [1.54, 1.807) is 6.07 Å². The molecule has 0 heterocycles. The average Bonchev–Trinajstić information content (AvgIpc) is 2.48. The second kappa shape index (κ2) is 7.69. The number of anilines is 1. The summed E-state index contributed by atoms with van der Waals surface area (Å²) in [7, 11) is 0. The van der Waals surface area contributed by atoms with Crippen LogP contribution in [0.2, 0.25) is 0 Å². The molecular weight excluding hydrogens is 287 g/mol. The van der Waals surface area contributed by atoms with Gasteiger partial charge in [0.1, 0.15) is 5.82 Å². The molecule has 2 rings (SSSR count). The predicted molar refractivity (Wildman–Crippen MR) is 85.8 cm³/mol. The van der Waals surface area contributed by atoms with E-state index in [2.05, 4.69) is 0 Å². The molecule has 1 amide bonds. The van der Waals surface area contributed by atoms with Crippen molar-refractivity contribution in [2.45, 2.75) is 50.0 Å². The van der Waals surface area contributed by atoms with Crippen molar-refractivity contribution in [3.63, 3.8) is 0 Å². The number of carbonyl (C=O) groups excluding carboxylic acids is 1. The molecule has 116 valence electrons. The number of thioether (sulfide) groups is 1. The van der Waals surface area contributed by atoms with Crippen molar-refractivity contribution in [2.24, 2.45) is 0 Å². The Morgan fingerprint density at radius 3 is 2.71 bits per heavy atom. The molecule has 0 unspecified atom stereocenters. The van der Waals surface area contributed by atoms with Gasteiger partial charge in [-0.05, 0) is 38.0 Å². The molecule has 1 aliphatic carbocycles. The quantitative estimate of drug-likeness (QED) is 0.666. The van der Waals surface area contributed by atoms with Crippen LogP contribution in [0.5, 0.6) is 0 Å². The minimum atomic E-state index is -0.347. The van der Waals surface area contributed by atoms with Crippen LogP contribution in [0.3, 0.4) is 0 Å². The molecule has 0 atom stereocenters. The first-order chi connectivity index (χ1) is 10.1. The Labute approximate surface area is 130 Å². The smallest absolute Gasteiger partial charge is 0.233 e. The topological polar surface area (TPSA) is 46.3 Å². The molecule has 3 nitrogen and oxygen atoms in total. The monoisotopic (exact) mass is 310 g/mol. The fourth-order valence-corrected chi connectivity index (χ4v) is 3.74. The van der Waals surface area contributed by atoms with Crippen molar-refractivity contribution >= 4 is 23.4 Å². The highest BCUT2D eigenvalue weighted by Crippen LogP contribution is 2.27. The highest BCUT2D eigenvalue weighted by molar-refractivity contribution is 8.00. The number of benzene rings is 1. The lowest BCUT2D eigenvalue weighted by atomic mass is 9.94. The third-order valence-corrected chi connectivity index (χ3v) is 5.07.